The van der Waals surface area contributed by atoms with E-state index in [1.807, 2.05) is 19.9 Å². The predicted octanol–water partition coefficient (Wildman–Crippen LogP) is 2.03. The smallest absolute Gasteiger partial charge is 0.190 e. The van der Waals surface area contributed by atoms with Gasteiger partial charge in [0.2, 0.25) is 0 Å². The minimum atomic E-state index is 0.307. The topological polar surface area (TPSA) is 51.8 Å². The molecule has 1 aromatic heterocycles. The number of aryl methyl sites for hydroxylation is 1. The molecule has 1 aromatic rings. The number of hydrogen-bond donors (Lipinski definition) is 1. The van der Waals surface area contributed by atoms with Gasteiger partial charge in [0.25, 0.3) is 0 Å². The average molecular weight is 195 g/mol. The summed E-state index contributed by atoms with van der Waals surface area (Å²) in [4.78, 5) is 8.35. The lowest BCUT2D eigenvalue weighted by molar-refractivity contribution is 0.937. The van der Waals surface area contributed by atoms with Crippen molar-refractivity contribution in [3.8, 4) is 0 Å². The molecular weight excluding hydrogens is 182 g/mol. The van der Waals surface area contributed by atoms with Crippen molar-refractivity contribution in [2.45, 2.75) is 24.3 Å². The van der Waals surface area contributed by atoms with Crippen LogP contribution in [0.4, 0.5) is 5.82 Å². The second-order valence-corrected chi connectivity index (χ2v) is 4.12. The summed E-state index contributed by atoms with van der Waals surface area (Å²) in [7, 11) is 0. The fraction of sp³-hybridized carbons (Fsp3) is 0.333. The van der Waals surface area contributed by atoms with Gasteiger partial charge in [-0.1, -0.05) is 17.8 Å². The molecule has 0 fully saturated rings. The van der Waals surface area contributed by atoms with E-state index in [9.17, 15) is 0 Å². The van der Waals surface area contributed by atoms with Gasteiger partial charge in [0.1, 0.15) is 5.82 Å². The maximum atomic E-state index is 5.59. The molecule has 0 aromatic carbocycles. The summed E-state index contributed by atoms with van der Waals surface area (Å²) >= 11 is 1.55. The first-order chi connectivity index (χ1) is 6.11. The molecule has 0 aliphatic heterocycles. The monoisotopic (exact) mass is 195 g/mol. The standard InChI is InChI=1S/C9H13N3S/c1-4-7(3)13-9-11-6(2)5-8(10)12-9/h4-5,7H,1H2,2-3H3,(H2,10,11,12). The summed E-state index contributed by atoms with van der Waals surface area (Å²) in [5.41, 5.74) is 6.48. The molecule has 0 aliphatic carbocycles. The van der Waals surface area contributed by atoms with Gasteiger partial charge in [-0.25, -0.2) is 9.97 Å². The number of thioether (sulfide) groups is 1. The van der Waals surface area contributed by atoms with Gasteiger partial charge in [0.15, 0.2) is 5.16 Å². The van der Waals surface area contributed by atoms with Crippen LogP contribution in [0.3, 0.4) is 0 Å². The first-order valence-corrected chi connectivity index (χ1v) is 4.90. The van der Waals surface area contributed by atoms with Crippen molar-refractivity contribution in [1.29, 1.82) is 0 Å². The van der Waals surface area contributed by atoms with E-state index in [1.165, 1.54) is 0 Å². The van der Waals surface area contributed by atoms with E-state index in [0.717, 1.165) is 5.69 Å². The van der Waals surface area contributed by atoms with Crippen LogP contribution < -0.4 is 5.73 Å². The zero-order chi connectivity index (χ0) is 9.84. The third-order valence-electron chi connectivity index (χ3n) is 1.48. The fourth-order valence-corrected chi connectivity index (χ4v) is 1.62. The van der Waals surface area contributed by atoms with E-state index in [-0.39, 0.29) is 0 Å². The van der Waals surface area contributed by atoms with Crippen molar-refractivity contribution in [3.05, 3.63) is 24.4 Å². The summed E-state index contributed by atoms with van der Waals surface area (Å²) in [5.74, 6) is 0.520. The van der Waals surface area contributed by atoms with E-state index in [2.05, 4.69) is 16.5 Å². The van der Waals surface area contributed by atoms with Crippen LogP contribution in [0.1, 0.15) is 12.6 Å². The highest BCUT2D eigenvalue weighted by atomic mass is 32.2. The second kappa shape index (κ2) is 4.28. The maximum Gasteiger partial charge on any atom is 0.190 e. The Hall–Kier alpha value is -1.03. The Labute approximate surface area is 82.5 Å². The van der Waals surface area contributed by atoms with Gasteiger partial charge < -0.3 is 5.73 Å². The molecule has 1 unspecified atom stereocenters. The number of nitrogens with two attached hydrogens (primary N) is 1. The molecule has 13 heavy (non-hydrogen) atoms. The molecule has 4 heteroatoms. The van der Waals surface area contributed by atoms with E-state index < -0.39 is 0 Å². The van der Waals surface area contributed by atoms with Crippen LogP contribution >= 0.6 is 11.8 Å². The van der Waals surface area contributed by atoms with E-state index in [4.69, 9.17) is 5.73 Å². The summed E-state index contributed by atoms with van der Waals surface area (Å²) < 4.78 is 0. The van der Waals surface area contributed by atoms with Crippen LogP contribution in [0.2, 0.25) is 0 Å². The van der Waals surface area contributed by atoms with Crippen molar-refractivity contribution >= 4 is 17.6 Å². The van der Waals surface area contributed by atoms with Gasteiger partial charge in [0.05, 0.1) is 0 Å². The highest BCUT2D eigenvalue weighted by Crippen LogP contribution is 2.20. The van der Waals surface area contributed by atoms with Crippen molar-refractivity contribution in [2.24, 2.45) is 0 Å². The normalized spacial score (nSPS) is 12.5. The van der Waals surface area contributed by atoms with Gasteiger partial charge >= 0.3 is 0 Å². The molecule has 3 nitrogen and oxygen atoms in total. The molecule has 0 bridgehead atoms. The number of nitrogen functional groups attached to an aromatic ring is 1. The predicted molar refractivity (Wildman–Crippen MR) is 56.7 cm³/mol. The highest BCUT2D eigenvalue weighted by Gasteiger charge is 2.04. The van der Waals surface area contributed by atoms with Gasteiger partial charge in [-0.05, 0) is 13.8 Å². The largest absolute Gasteiger partial charge is 0.384 e. The molecule has 70 valence electrons. The quantitative estimate of drug-likeness (QED) is 0.455. The van der Waals surface area contributed by atoms with Crippen LogP contribution in [0.15, 0.2) is 23.9 Å². The summed E-state index contributed by atoms with van der Waals surface area (Å²) in [5, 5.41) is 1.02. The van der Waals surface area contributed by atoms with Crippen molar-refractivity contribution < 1.29 is 0 Å². The molecular formula is C9H13N3S. The van der Waals surface area contributed by atoms with E-state index >= 15 is 0 Å². The highest BCUT2D eigenvalue weighted by molar-refractivity contribution is 7.99. The number of rotatable bonds is 3. The molecule has 1 atom stereocenters. The fourth-order valence-electron chi connectivity index (χ4n) is 0.832. The number of nitrogens with zero attached hydrogens (tertiary/aromatic N) is 2. The van der Waals surface area contributed by atoms with Crippen LogP contribution in [-0.2, 0) is 0 Å². The summed E-state index contributed by atoms with van der Waals surface area (Å²) in [6, 6.07) is 1.75. The molecule has 2 N–H and O–H groups in total. The Bertz CT molecular complexity index is 291. The van der Waals surface area contributed by atoms with Crippen LogP contribution in [0, 0.1) is 6.92 Å². The lowest BCUT2D eigenvalue weighted by Crippen LogP contribution is -1.99. The summed E-state index contributed by atoms with van der Waals surface area (Å²) in [6.07, 6.45) is 1.85. The van der Waals surface area contributed by atoms with Crippen molar-refractivity contribution in [2.75, 3.05) is 5.73 Å². The molecule has 0 spiro atoms. The Balaban J connectivity index is 2.82. The second-order valence-electron chi connectivity index (χ2n) is 2.78. The maximum absolute atomic E-state index is 5.59. The summed E-state index contributed by atoms with van der Waals surface area (Å²) in [6.45, 7) is 7.64. The SMILES string of the molecule is C=CC(C)Sc1nc(C)cc(N)n1. The molecule has 0 radical (unpaired) electrons. The van der Waals surface area contributed by atoms with Gasteiger partial charge in [-0.2, -0.15) is 0 Å². The van der Waals surface area contributed by atoms with Crippen molar-refractivity contribution in [1.82, 2.24) is 9.97 Å². The molecule has 1 heterocycles. The van der Waals surface area contributed by atoms with Gasteiger partial charge in [-0.3, -0.25) is 0 Å². The van der Waals surface area contributed by atoms with Crippen molar-refractivity contribution in [3.63, 3.8) is 0 Å². The number of anilines is 1. The van der Waals surface area contributed by atoms with Crippen LogP contribution in [-0.4, -0.2) is 15.2 Å². The van der Waals surface area contributed by atoms with E-state index in [1.54, 1.807) is 17.8 Å². The Kier molecular flexibility index (Phi) is 3.31. The molecule has 0 aliphatic rings. The average Bonchev–Trinajstić information content (AvgIpc) is 2.02. The van der Waals surface area contributed by atoms with Gasteiger partial charge in [-0.15, -0.1) is 6.58 Å². The number of aromatic nitrogens is 2. The van der Waals surface area contributed by atoms with Crippen LogP contribution in [0.25, 0.3) is 0 Å². The first-order valence-electron chi connectivity index (χ1n) is 4.02. The zero-order valence-electron chi connectivity index (χ0n) is 7.82. The first kappa shape index (κ1) is 10.1. The Morgan fingerprint density at radius 2 is 2.31 bits per heavy atom. The zero-order valence-corrected chi connectivity index (χ0v) is 8.64. The molecule has 0 amide bonds. The Morgan fingerprint density at radius 1 is 1.62 bits per heavy atom. The third-order valence-corrected chi connectivity index (χ3v) is 2.43. The lowest BCUT2D eigenvalue weighted by atomic mass is 10.4. The Morgan fingerprint density at radius 3 is 2.85 bits per heavy atom. The molecule has 0 saturated carbocycles. The lowest BCUT2D eigenvalue weighted by Gasteiger charge is -2.05. The molecule has 0 saturated heterocycles. The van der Waals surface area contributed by atoms with Gasteiger partial charge in [0, 0.05) is 17.0 Å². The molecule has 1 rings (SSSR count). The third kappa shape index (κ3) is 3.06. The van der Waals surface area contributed by atoms with Crippen LogP contribution in [0.5, 0.6) is 0 Å². The minimum Gasteiger partial charge on any atom is -0.384 e. The minimum absolute atomic E-state index is 0.307. The van der Waals surface area contributed by atoms with E-state index in [0.29, 0.717) is 16.2 Å². The number of hydrogen-bond acceptors (Lipinski definition) is 4.